The first-order valence-electron chi connectivity index (χ1n) is 17.5. The number of nitrogens with zero attached hydrogens (tertiary/aromatic N) is 1. The van der Waals surface area contributed by atoms with Crippen molar-refractivity contribution in [1.29, 1.82) is 0 Å². The zero-order valence-electron chi connectivity index (χ0n) is 28.2. The molecule has 236 valence electrons. The maximum atomic E-state index is 2.46. The zero-order chi connectivity index (χ0) is 33.4. The molecular formula is C49H35N. The Morgan fingerprint density at radius 2 is 0.940 bits per heavy atom. The Kier molecular flexibility index (Phi) is 6.29. The number of fused-ring (bicyclic) bond motifs is 6. The first-order valence-corrected chi connectivity index (χ1v) is 17.5. The average molecular weight is 638 g/mol. The van der Waals surface area contributed by atoms with Gasteiger partial charge in [0.2, 0.25) is 0 Å². The van der Waals surface area contributed by atoms with Gasteiger partial charge in [-0.2, -0.15) is 0 Å². The molecule has 10 rings (SSSR count). The van der Waals surface area contributed by atoms with E-state index in [-0.39, 0.29) is 5.41 Å². The van der Waals surface area contributed by atoms with Crippen molar-refractivity contribution in [2.45, 2.75) is 19.3 Å². The summed E-state index contributed by atoms with van der Waals surface area (Å²) in [6, 6.07) is 64.8. The Bertz CT molecular complexity index is 2580. The number of hydrogen-bond donors (Lipinski definition) is 0. The molecule has 2 aliphatic carbocycles. The molecule has 8 aromatic carbocycles. The van der Waals surface area contributed by atoms with Crippen molar-refractivity contribution < 1.29 is 0 Å². The Hall–Kier alpha value is -6.18. The van der Waals surface area contributed by atoms with Gasteiger partial charge in [-0.1, -0.05) is 159 Å². The predicted octanol–water partition coefficient (Wildman–Crippen LogP) is 13.6. The number of rotatable bonds is 5. The van der Waals surface area contributed by atoms with Crippen LogP contribution in [0.15, 0.2) is 176 Å². The highest BCUT2D eigenvalue weighted by Gasteiger charge is 2.35. The molecular weight excluding hydrogens is 603 g/mol. The van der Waals surface area contributed by atoms with E-state index in [4.69, 9.17) is 0 Å². The van der Waals surface area contributed by atoms with Crippen molar-refractivity contribution in [3.05, 3.63) is 187 Å². The van der Waals surface area contributed by atoms with E-state index in [2.05, 4.69) is 195 Å². The summed E-state index contributed by atoms with van der Waals surface area (Å²) in [5, 5.41) is 2.58. The molecule has 0 saturated heterocycles. The highest BCUT2D eigenvalue weighted by atomic mass is 15.1. The molecule has 0 N–H and O–H groups in total. The Balaban J connectivity index is 1.14. The molecule has 0 aromatic heterocycles. The molecule has 2 aliphatic rings. The smallest absolute Gasteiger partial charge is 0.0540 e. The van der Waals surface area contributed by atoms with Gasteiger partial charge in [-0.3, -0.25) is 0 Å². The van der Waals surface area contributed by atoms with Gasteiger partial charge in [0.25, 0.3) is 0 Å². The third-order valence-corrected chi connectivity index (χ3v) is 11.0. The number of anilines is 3. The molecule has 0 bridgehead atoms. The van der Waals surface area contributed by atoms with Gasteiger partial charge in [-0.15, -0.1) is 0 Å². The second kappa shape index (κ2) is 10.9. The van der Waals surface area contributed by atoms with Crippen LogP contribution in [0.2, 0.25) is 0 Å². The number of benzene rings is 8. The van der Waals surface area contributed by atoms with Gasteiger partial charge in [0, 0.05) is 22.1 Å². The molecule has 8 aromatic rings. The van der Waals surface area contributed by atoms with Crippen molar-refractivity contribution in [2.75, 3.05) is 4.90 Å². The van der Waals surface area contributed by atoms with Crippen LogP contribution >= 0.6 is 0 Å². The summed E-state index contributed by atoms with van der Waals surface area (Å²) in [6.07, 6.45) is 0. The van der Waals surface area contributed by atoms with E-state index < -0.39 is 0 Å². The Morgan fingerprint density at radius 1 is 0.360 bits per heavy atom. The van der Waals surface area contributed by atoms with E-state index in [9.17, 15) is 0 Å². The molecule has 0 saturated carbocycles. The molecule has 50 heavy (non-hydrogen) atoms. The summed E-state index contributed by atoms with van der Waals surface area (Å²) < 4.78 is 0. The fourth-order valence-corrected chi connectivity index (χ4v) is 8.61. The third-order valence-electron chi connectivity index (χ3n) is 11.0. The number of hydrogen-bond acceptors (Lipinski definition) is 1. The Morgan fingerprint density at radius 3 is 1.72 bits per heavy atom. The van der Waals surface area contributed by atoms with Crippen LogP contribution in [0.25, 0.3) is 66.4 Å². The molecule has 0 atom stereocenters. The lowest BCUT2D eigenvalue weighted by molar-refractivity contribution is 0.660. The van der Waals surface area contributed by atoms with Gasteiger partial charge in [0.05, 0.1) is 11.4 Å². The van der Waals surface area contributed by atoms with Gasteiger partial charge in [0.15, 0.2) is 0 Å². The minimum absolute atomic E-state index is 0.0325. The zero-order valence-corrected chi connectivity index (χ0v) is 28.2. The summed E-state index contributed by atoms with van der Waals surface area (Å²) in [6.45, 7) is 4.70. The minimum atomic E-state index is -0.0325. The second-order valence-electron chi connectivity index (χ2n) is 14.1. The van der Waals surface area contributed by atoms with Crippen LogP contribution in [0.1, 0.15) is 25.0 Å². The standard InChI is InChI=1S/C49H35N/c1-49(2)44-21-10-8-18-39(44)40-28-25-34(31-45(40)49)32-23-26-35(27-24-32)50(46-22-11-9-15-36(46)33-13-4-3-5-14-33)47-30-29-42-38-17-7-6-16-37(38)41-19-12-20-43(47)48(41)42/h3-31H,1-2H3. The molecule has 0 fully saturated rings. The first-order chi connectivity index (χ1) is 24.6. The molecule has 1 heteroatoms. The van der Waals surface area contributed by atoms with Crippen LogP contribution in [-0.2, 0) is 5.41 Å². The fourth-order valence-electron chi connectivity index (χ4n) is 8.61. The molecule has 0 aliphatic heterocycles. The van der Waals surface area contributed by atoms with Gasteiger partial charge in [-0.25, -0.2) is 0 Å². The summed E-state index contributed by atoms with van der Waals surface area (Å²) in [5.41, 5.74) is 19.0. The summed E-state index contributed by atoms with van der Waals surface area (Å²) in [5.74, 6) is 0. The van der Waals surface area contributed by atoms with Crippen molar-refractivity contribution in [3.8, 4) is 55.6 Å². The first kappa shape index (κ1) is 28.8. The molecule has 1 nitrogen and oxygen atoms in total. The topological polar surface area (TPSA) is 3.24 Å². The van der Waals surface area contributed by atoms with Crippen LogP contribution in [0.4, 0.5) is 17.1 Å². The maximum Gasteiger partial charge on any atom is 0.0540 e. The van der Waals surface area contributed by atoms with Gasteiger partial charge >= 0.3 is 0 Å². The molecule has 0 amide bonds. The quantitative estimate of drug-likeness (QED) is 0.181. The van der Waals surface area contributed by atoms with E-state index in [0.717, 1.165) is 11.4 Å². The van der Waals surface area contributed by atoms with Crippen molar-refractivity contribution in [3.63, 3.8) is 0 Å². The predicted molar refractivity (Wildman–Crippen MR) is 211 cm³/mol. The van der Waals surface area contributed by atoms with Crippen LogP contribution in [0.3, 0.4) is 0 Å². The molecule has 0 radical (unpaired) electrons. The fraction of sp³-hybridized carbons (Fsp3) is 0.0612. The summed E-state index contributed by atoms with van der Waals surface area (Å²) in [7, 11) is 0. The van der Waals surface area contributed by atoms with Gasteiger partial charge in [0.1, 0.15) is 0 Å². The SMILES string of the molecule is CC1(C)c2ccccc2-c2ccc(-c3ccc(N(c4ccccc4-c4ccccc4)c4ccc5c6c(cccc46)-c4ccccc4-5)cc3)cc21. The molecule has 0 heterocycles. The lowest BCUT2D eigenvalue weighted by Gasteiger charge is -2.29. The normalized spacial score (nSPS) is 13.2. The molecule has 0 spiro atoms. The molecule has 0 unspecified atom stereocenters. The van der Waals surface area contributed by atoms with E-state index >= 15 is 0 Å². The lowest BCUT2D eigenvalue weighted by Crippen LogP contribution is -2.14. The monoisotopic (exact) mass is 637 g/mol. The van der Waals surface area contributed by atoms with Crippen LogP contribution in [0.5, 0.6) is 0 Å². The van der Waals surface area contributed by atoms with E-state index in [0.29, 0.717) is 0 Å². The highest BCUT2D eigenvalue weighted by Crippen LogP contribution is 2.53. The second-order valence-corrected chi connectivity index (χ2v) is 14.1. The van der Waals surface area contributed by atoms with Gasteiger partial charge in [-0.05, 0) is 96.9 Å². The maximum absolute atomic E-state index is 2.46. The van der Waals surface area contributed by atoms with Crippen molar-refractivity contribution >= 4 is 27.8 Å². The van der Waals surface area contributed by atoms with E-state index in [1.807, 2.05) is 0 Å². The largest absolute Gasteiger partial charge is 0.309 e. The average Bonchev–Trinajstić information content (AvgIpc) is 3.62. The third kappa shape index (κ3) is 4.20. The van der Waals surface area contributed by atoms with Gasteiger partial charge < -0.3 is 4.90 Å². The lowest BCUT2D eigenvalue weighted by atomic mass is 9.81. The summed E-state index contributed by atoms with van der Waals surface area (Å²) >= 11 is 0. The minimum Gasteiger partial charge on any atom is -0.309 e. The summed E-state index contributed by atoms with van der Waals surface area (Å²) in [4.78, 5) is 2.46. The van der Waals surface area contributed by atoms with E-state index in [1.165, 1.54) is 83.2 Å². The van der Waals surface area contributed by atoms with Crippen LogP contribution < -0.4 is 4.90 Å². The van der Waals surface area contributed by atoms with E-state index in [1.54, 1.807) is 0 Å². The van der Waals surface area contributed by atoms with Crippen LogP contribution in [0, 0.1) is 0 Å². The van der Waals surface area contributed by atoms with Crippen LogP contribution in [-0.4, -0.2) is 0 Å². The van der Waals surface area contributed by atoms with Crippen molar-refractivity contribution in [1.82, 2.24) is 0 Å². The van der Waals surface area contributed by atoms with Crippen molar-refractivity contribution in [2.24, 2.45) is 0 Å². The Labute approximate surface area is 293 Å². The highest BCUT2D eigenvalue weighted by molar-refractivity contribution is 6.19. The number of para-hydroxylation sites is 1.